The van der Waals surface area contributed by atoms with Gasteiger partial charge in [0.05, 0.1) is 19.8 Å². The molecule has 0 fully saturated rings. The van der Waals surface area contributed by atoms with E-state index in [1.807, 2.05) is 42.5 Å². The molecule has 0 spiro atoms. The third-order valence-electron chi connectivity index (χ3n) is 3.72. The molecule has 4 rings (SSSR count). The van der Waals surface area contributed by atoms with E-state index in [9.17, 15) is 0 Å². The van der Waals surface area contributed by atoms with Crippen LogP contribution in [0.25, 0.3) is 26.9 Å². The molecule has 126 valence electrons. The van der Waals surface area contributed by atoms with E-state index in [1.54, 1.807) is 18.7 Å². The van der Waals surface area contributed by atoms with Crippen LogP contribution in [-0.2, 0) is 0 Å². The van der Waals surface area contributed by atoms with Gasteiger partial charge in [-0.05, 0) is 24.3 Å². The van der Waals surface area contributed by atoms with Gasteiger partial charge in [0.2, 0.25) is 4.96 Å². The van der Waals surface area contributed by atoms with E-state index in [0.717, 1.165) is 16.1 Å². The van der Waals surface area contributed by atoms with Crippen molar-refractivity contribution >= 4 is 27.9 Å². The molecular formula is C17H13ClN4O2S. The second-order valence-corrected chi connectivity index (χ2v) is 6.57. The van der Waals surface area contributed by atoms with E-state index in [2.05, 4.69) is 15.3 Å². The second-order valence-electron chi connectivity index (χ2n) is 5.17. The molecule has 0 atom stereocenters. The minimum Gasteiger partial charge on any atom is -0.496 e. The molecular weight excluding hydrogens is 360 g/mol. The Hall–Kier alpha value is -2.64. The van der Waals surface area contributed by atoms with Crippen molar-refractivity contribution in [2.45, 2.75) is 0 Å². The number of benzene rings is 2. The molecule has 0 saturated heterocycles. The van der Waals surface area contributed by atoms with Gasteiger partial charge in [0.1, 0.15) is 11.5 Å². The Morgan fingerprint density at radius 3 is 2.40 bits per heavy atom. The Balaban J connectivity index is 1.90. The Labute approximate surface area is 152 Å². The van der Waals surface area contributed by atoms with E-state index in [-0.39, 0.29) is 0 Å². The number of methoxy groups -OCH3 is 2. The fourth-order valence-corrected chi connectivity index (χ4v) is 3.67. The summed E-state index contributed by atoms with van der Waals surface area (Å²) < 4.78 is 12.6. The van der Waals surface area contributed by atoms with E-state index in [4.69, 9.17) is 21.1 Å². The van der Waals surface area contributed by atoms with Gasteiger partial charge in [-0.1, -0.05) is 41.1 Å². The Bertz CT molecular complexity index is 1040. The average Bonchev–Trinajstić information content (AvgIpc) is 3.21. The van der Waals surface area contributed by atoms with Crippen molar-refractivity contribution in [3.8, 4) is 33.5 Å². The topological polar surface area (TPSA) is 61.5 Å². The molecule has 0 N–H and O–H groups in total. The Morgan fingerprint density at radius 2 is 1.72 bits per heavy atom. The lowest BCUT2D eigenvalue weighted by molar-refractivity contribution is 0.397. The van der Waals surface area contributed by atoms with Crippen molar-refractivity contribution in [3.05, 3.63) is 47.5 Å². The predicted molar refractivity (Wildman–Crippen MR) is 97.6 cm³/mol. The summed E-state index contributed by atoms with van der Waals surface area (Å²) in [5.74, 6) is 2.01. The summed E-state index contributed by atoms with van der Waals surface area (Å²) in [6, 6.07) is 13.1. The summed E-state index contributed by atoms with van der Waals surface area (Å²) in [7, 11) is 3.24. The van der Waals surface area contributed by atoms with Crippen LogP contribution in [0.2, 0.25) is 5.02 Å². The molecule has 25 heavy (non-hydrogen) atoms. The molecule has 0 saturated carbocycles. The predicted octanol–water partition coefficient (Wildman–Crippen LogP) is 4.19. The molecule has 0 bridgehead atoms. The highest BCUT2D eigenvalue weighted by Crippen LogP contribution is 2.40. The van der Waals surface area contributed by atoms with Crippen LogP contribution in [0, 0.1) is 0 Å². The standard InChI is InChI=1S/C17H13ClN4O2S/c1-23-12-7-4-8-13(24-2)14(12)16-21-22-15(19-20-17(22)25-16)10-5-3-6-11(18)9-10/h3-9H,1-2H3. The minimum absolute atomic E-state index is 0.633. The van der Waals surface area contributed by atoms with Crippen LogP contribution in [0.4, 0.5) is 0 Å². The highest BCUT2D eigenvalue weighted by Gasteiger charge is 2.20. The molecule has 0 unspecified atom stereocenters. The average molecular weight is 373 g/mol. The van der Waals surface area contributed by atoms with E-state index >= 15 is 0 Å². The maximum atomic E-state index is 6.08. The van der Waals surface area contributed by atoms with Crippen LogP contribution in [-0.4, -0.2) is 34.0 Å². The molecule has 0 aliphatic carbocycles. The van der Waals surface area contributed by atoms with Crippen LogP contribution in [0.3, 0.4) is 0 Å². The Kier molecular flexibility index (Phi) is 4.03. The van der Waals surface area contributed by atoms with E-state index in [1.165, 1.54) is 11.3 Å². The van der Waals surface area contributed by atoms with Gasteiger partial charge in [0.25, 0.3) is 0 Å². The number of fused-ring (bicyclic) bond motifs is 1. The largest absolute Gasteiger partial charge is 0.496 e. The molecule has 2 aromatic carbocycles. The second kappa shape index (κ2) is 6.34. The van der Waals surface area contributed by atoms with Gasteiger partial charge >= 0.3 is 0 Å². The highest BCUT2D eigenvalue weighted by atomic mass is 35.5. The van der Waals surface area contributed by atoms with E-state index in [0.29, 0.717) is 27.3 Å². The zero-order valence-corrected chi connectivity index (χ0v) is 15.0. The van der Waals surface area contributed by atoms with Crippen LogP contribution < -0.4 is 9.47 Å². The van der Waals surface area contributed by atoms with Crippen LogP contribution in [0.5, 0.6) is 11.5 Å². The number of hydrogen-bond acceptors (Lipinski definition) is 6. The zero-order valence-electron chi connectivity index (χ0n) is 13.4. The minimum atomic E-state index is 0.633. The van der Waals surface area contributed by atoms with Crippen molar-refractivity contribution in [2.75, 3.05) is 14.2 Å². The Morgan fingerprint density at radius 1 is 1.00 bits per heavy atom. The monoisotopic (exact) mass is 372 g/mol. The maximum Gasteiger partial charge on any atom is 0.235 e. The highest BCUT2D eigenvalue weighted by molar-refractivity contribution is 7.19. The molecule has 0 aliphatic rings. The molecule has 4 aromatic rings. The first-order valence-electron chi connectivity index (χ1n) is 7.41. The van der Waals surface area contributed by atoms with Crippen molar-refractivity contribution in [2.24, 2.45) is 0 Å². The molecule has 6 nitrogen and oxygen atoms in total. The van der Waals surface area contributed by atoms with Gasteiger partial charge < -0.3 is 9.47 Å². The molecule has 0 aliphatic heterocycles. The van der Waals surface area contributed by atoms with Gasteiger partial charge in [-0.25, -0.2) is 0 Å². The molecule has 2 heterocycles. The van der Waals surface area contributed by atoms with Gasteiger partial charge in [0.15, 0.2) is 10.8 Å². The molecule has 0 radical (unpaired) electrons. The molecule has 0 amide bonds. The lowest BCUT2D eigenvalue weighted by Gasteiger charge is -2.10. The van der Waals surface area contributed by atoms with Gasteiger partial charge in [-0.15, -0.1) is 10.2 Å². The number of halogens is 1. The lowest BCUT2D eigenvalue weighted by atomic mass is 10.2. The summed E-state index contributed by atoms with van der Waals surface area (Å²) >= 11 is 7.50. The molecule has 8 heteroatoms. The lowest BCUT2D eigenvalue weighted by Crippen LogP contribution is -1.95. The summed E-state index contributed by atoms with van der Waals surface area (Å²) in [6.07, 6.45) is 0. The summed E-state index contributed by atoms with van der Waals surface area (Å²) in [6.45, 7) is 0. The van der Waals surface area contributed by atoms with E-state index < -0.39 is 0 Å². The van der Waals surface area contributed by atoms with Gasteiger partial charge in [-0.2, -0.15) is 9.61 Å². The fourth-order valence-electron chi connectivity index (χ4n) is 2.59. The van der Waals surface area contributed by atoms with Crippen molar-refractivity contribution < 1.29 is 9.47 Å². The summed E-state index contributed by atoms with van der Waals surface area (Å²) in [5.41, 5.74) is 1.64. The van der Waals surface area contributed by atoms with Crippen LogP contribution in [0.15, 0.2) is 42.5 Å². The zero-order chi connectivity index (χ0) is 17.4. The third kappa shape index (κ3) is 2.71. The van der Waals surface area contributed by atoms with Crippen molar-refractivity contribution in [3.63, 3.8) is 0 Å². The normalized spacial score (nSPS) is 11.0. The summed E-state index contributed by atoms with van der Waals surface area (Å²) in [5, 5.41) is 14.5. The quantitative estimate of drug-likeness (QED) is 0.537. The third-order valence-corrected chi connectivity index (χ3v) is 4.87. The first-order chi connectivity index (χ1) is 12.2. The van der Waals surface area contributed by atoms with Crippen LogP contribution >= 0.6 is 22.9 Å². The number of hydrogen-bond donors (Lipinski definition) is 0. The number of aromatic nitrogens is 4. The van der Waals surface area contributed by atoms with Crippen molar-refractivity contribution in [1.82, 2.24) is 19.8 Å². The number of ether oxygens (including phenoxy) is 2. The van der Waals surface area contributed by atoms with Gasteiger partial charge in [0, 0.05) is 10.6 Å². The molecule has 2 aromatic heterocycles. The number of rotatable bonds is 4. The smallest absolute Gasteiger partial charge is 0.235 e. The van der Waals surface area contributed by atoms with Crippen LogP contribution in [0.1, 0.15) is 0 Å². The first kappa shape index (κ1) is 15.9. The summed E-state index contributed by atoms with van der Waals surface area (Å²) in [4.78, 5) is 0.679. The maximum absolute atomic E-state index is 6.08. The first-order valence-corrected chi connectivity index (χ1v) is 8.60. The fraction of sp³-hybridized carbons (Fsp3) is 0.118. The van der Waals surface area contributed by atoms with Gasteiger partial charge in [-0.3, -0.25) is 0 Å². The number of nitrogens with zero attached hydrogens (tertiary/aromatic N) is 4. The van der Waals surface area contributed by atoms with Crippen molar-refractivity contribution in [1.29, 1.82) is 0 Å². The SMILES string of the molecule is COc1cccc(OC)c1-c1nn2c(-c3cccc(Cl)c3)nnc2s1.